The number of hydrogen-bond acceptors (Lipinski definition) is 2. The Morgan fingerprint density at radius 1 is 1.64 bits per heavy atom. The molecule has 0 amide bonds. The van der Waals surface area contributed by atoms with Crippen LogP contribution in [0.25, 0.3) is 0 Å². The van der Waals surface area contributed by atoms with Gasteiger partial charge in [0, 0.05) is 0 Å². The second-order valence-corrected chi connectivity index (χ2v) is 3.33. The van der Waals surface area contributed by atoms with Gasteiger partial charge in [-0.05, 0) is 33.7 Å². The van der Waals surface area contributed by atoms with Crippen LogP contribution in [0.4, 0.5) is 0 Å². The summed E-state index contributed by atoms with van der Waals surface area (Å²) in [7, 11) is 0. The van der Waals surface area contributed by atoms with Crippen molar-refractivity contribution in [3.8, 4) is 12.3 Å². The average molecular weight is 155 g/mol. The number of rotatable bonds is 4. The zero-order valence-electron chi connectivity index (χ0n) is 7.52. The maximum absolute atomic E-state index is 8.93. The highest BCUT2D eigenvalue weighted by molar-refractivity contribution is 5.07. The first-order valence-corrected chi connectivity index (χ1v) is 3.89. The molecule has 1 unspecified atom stereocenters. The third kappa shape index (κ3) is 5.90. The monoisotopic (exact) mass is 155 g/mol. The van der Waals surface area contributed by atoms with Crippen LogP contribution in [0.5, 0.6) is 0 Å². The van der Waals surface area contributed by atoms with E-state index in [-0.39, 0.29) is 11.6 Å². The lowest BCUT2D eigenvalue weighted by Gasteiger charge is -2.19. The van der Waals surface area contributed by atoms with E-state index < -0.39 is 0 Å². The van der Waals surface area contributed by atoms with Crippen LogP contribution >= 0.6 is 0 Å². The van der Waals surface area contributed by atoms with Gasteiger partial charge in [0.05, 0.1) is 11.6 Å². The summed E-state index contributed by atoms with van der Waals surface area (Å²) in [4.78, 5) is 0. The highest BCUT2D eigenvalue weighted by Gasteiger charge is 2.11. The molecule has 0 aliphatic carbocycles. The van der Waals surface area contributed by atoms with E-state index in [4.69, 9.17) is 11.5 Å². The second kappa shape index (κ2) is 4.38. The maximum Gasteiger partial charge on any atom is 0.0741 e. The van der Waals surface area contributed by atoms with E-state index >= 15 is 0 Å². The maximum atomic E-state index is 8.93. The van der Waals surface area contributed by atoms with Gasteiger partial charge in [0.15, 0.2) is 0 Å². The third-order valence-corrected chi connectivity index (χ3v) is 1.49. The van der Waals surface area contributed by atoms with Crippen LogP contribution in [-0.2, 0) is 0 Å². The lowest BCUT2D eigenvalue weighted by Crippen LogP contribution is -2.38. The van der Waals surface area contributed by atoms with Crippen molar-refractivity contribution >= 4 is 0 Å². The molecule has 0 aromatic rings. The Hall–Kier alpha value is -0.520. The summed E-state index contributed by atoms with van der Waals surface area (Å²) in [6.07, 6.45) is 5.74. The van der Waals surface area contributed by atoms with Crippen LogP contribution < -0.4 is 5.32 Å². The van der Waals surface area contributed by atoms with Crippen molar-refractivity contribution in [3.05, 3.63) is 0 Å². The number of aliphatic hydroxyl groups excluding tert-OH is 1. The van der Waals surface area contributed by atoms with E-state index in [1.807, 2.05) is 13.8 Å². The Morgan fingerprint density at radius 2 is 2.18 bits per heavy atom. The molecular formula is C9H17NO. The molecule has 11 heavy (non-hydrogen) atoms. The molecule has 0 rings (SSSR count). The molecule has 2 heteroatoms. The van der Waals surface area contributed by atoms with Crippen LogP contribution in [-0.4, -0.2) is 23.3 Å². The predicted molar refractivity (Wildman–Crippen MR) is 47.2 cm³/mol. The lowest BCUT2D eigenvalue weighted by molar-refractivity contribution is 0.181. The minimum absolute atomic E-state index is 0.254. The molecule has 0 fully saturated rings. The highest BCUT2D eigenvalue weighted by atomic mass is 16.3. The van der Waals surface area contributed by atoms with Gasteiger partial charge < -0.3 is 10.4 Å². The Kier molecular flexibility index (Phi) is 4.17. The minimum Gasteiger partial charge on any atom is -0.393 e. The van der Waals surface area contributed by atoms with Crippen molar-refractivity contribution in [1.82, 2.24) is 5.32 Å². The molecule has 0 aromatic carbocycles. The van der Waals surface area contributed by atoms with Gasteiger partial charge in [0.2, 0.25) is 0 Å². The summed E-state index contributed by atoms with van der Waals surface area (Å²) in [6, 6.07) is 0. The number of nitrogens with one attached hydrogen (secondary N) is 1. The number of aliphatic hydroxyl groups is 1. The minimum atomic E-state index is -0.255. The largest absolute Gasteiger partial charge is 0.393 e. The average Bonchev–Trinajstić information content (AvgIpc) is 1.87. The molecule has 0 aliphatic heterocycles. The van der Waals surface area contributed by atoms with Crippen LogP contribution in [0.1, 0.15) is 27.2 Å². The molecule has 0 saturated carbocycles. The normalized spacial score (nSPS) is 14.1. The summed E-state index contributed by atoms with van der Waals surface area (Å²) < 4.78 is 0. The first-order chi connectivity index (χ1) is 4.98. The van der Waals surface area contributed by atoms with E-state index in [9.17, 15) is 0 Å². The number of hydrogen-bond donors (Lipinski definition) is 2. The Balaban J connectivity index is 3.48. The van der Waals surface area contributed by atoms with E-state index in [0.717, 1.165) is 13.0 Å². The first-order valence-electron chi connectivity index (χ1n) is 3.89. The summed E-state index contributed by atoms with van der Waals surface area (Å²) in [5.74, 6) is 2.62. The summed E-state index contributed by atoms with van der Waals surface area (Å²) in [5, 5.41) is 12.1. The predicted octanol–water partition coefficient (Wildman–Crippen LogP) is 0.759. The fourth-order valence-electron chi connectivity index (χ4n) is 0.645. The zero-order valence-corrected chi connectivity index (χ0v) is 7.52. The van der Waals surface area contributed by atoms with Crippen molar-refractivity contribution in [2.75, 3.05) is 6.54 Å². The molecule has 0 aromatic heterocycles. The molecule has 0 radical (unpaired) electrons. The van der Waals surface area contributed by atoms with Crippen molar-refractivity contribution in [3.63, 3.8) is 0 Å². The van der Waals surface area contributed by atoms with E-state index in [1.165, 1.54) is 0 Å². The van der Waals surface area contributed by atoms with Gasteiger partial charge in [-0.15, -0.1) is 6.42 Å². The van der Waals surface area contributed by atoms with Crippen molar-refractivity contribution in [2.24, 2.45) is 0 Å². The highest BCUT2D eigenvalue weighted by Crippen LogP contribution is 1.99. The quantitative estimate of drug-likeness (QED) is 0.587. The van der Waals surface area contributed by atoms with Gasteiger partial charge in [-0.25, -0.2) is 0 Å². The first kappa shape index (κ1) is 10.5. The van der Waals surface area contributed by atoms with E-state index in [1.54, 1.807) is 6.92 Å². The van der Waals surface area contributed by atoms with Crippen molar-refractivity contribution in [1.29, 1.82) is 0 Å². The molecule has 64 valence electrons. The molecule has 0 bridgehead atoms. The molecule has 0 heterocycles. The molecule has 0 saturated heterocycles. The zero-order chi connectivity index (χ0) is 8.91. The standard InChI is InChI=1S/C9H17NO/c1-5-9(3,4)10-7-6-8(2)11/h1,8,10-11H,6-7H2,2-4H3. The smallest absolute Gasteiger partial charge is 0.0741 e. The summed E-state index contributed by atoms with van der Waals surface area (Å²) >= 11 is 0. The molecule has 1 atom stereocenters. The van der Waals surface area contributed by atoms with E-state index in [2.05, 4.69) is 11.2 Å². The Labute approximate surface area is 69.0 Å². The fraction of sp³-hybridized carbons (Fsp3) is 0.778. The summed E-state index contributed by atoms with van der Waals surface area (Å²) in [6.45, 7) is 6.41. The molecule has 2 N–H and O–H groups in total. The Bertz CT molecular complexity index is 144. The van der Waals surface area contributed by atoms with Crippen LogP contribution in [0.15, 0.2) is 0 Å². The molecule has 0 spiro atoms. The Morgan fingerprint density at radius 3 is 2.55 bits per heavy atom. The van der Waals surface area contributed by atoms with Gasteiger partial charge in [0.25, 0.3) is 0 Å². The lowest BCUT2D eigenvalue weighted by atomic mass is 10.1. The topological polar surface area (TPSA) is 32.3 Å². The van der Waals surface area contributed by atoms with Gasteiger partial charge >= 0.3 is 0 Å². The van der Waals surface area contributed by atoms with Gasteiger partial charge in [-0.1, -0.05) is 5.92 Å². The van der Waals surface area contributed by atoms with Crippen LogP contribution in [0.2, 0.25) is 0 Å². The molecular weight excluding hydrogens is 138 g/mol. The SMILES string of the molecule is C#CC(C)(C)NCCC(C)O. The molecule has 0 aliphatic rings. The second-order valence-electron chi connectivity index (χ2n) is 3.33. The van der Waals surface area contributed by atoms with Gasteiger partial charge in [0.1, 0.15) is 0 Å². The van der Waals surface area contributed by atoms with Crippen molar-refractivity contribution < 1.29 is 5.11 Å². The van der Waals surface area contributed by atoms with Crippen LogP contribution in [0.3, 0.4) is 0 Å². The summed E-state index contributed by atoms with van der Waals surface area (Å²) in [5.41, 5.74) is -0.255. The fourth-order valence-corrected chi connectivity index (χ4v) is 0.645. The van der Waals surface area contributed by atoms with E-state index in [0.29, 0.717) is 0 Å². The molecule has 2 nitrogen and oxygen atoms in total. The third-order valence-electron chi connectivity index (χ3n) is 1.49. The van der Waals surface area contributed by atoms with Gasteiger partial charge in [-0.2, -0.15) is 0 Å². The number of terminal acetylenes is 1. The van der Waals surface area contributed by atoms with Crippen LogP contribution in [0, 0.1) is 12.3 Å². The van der Waals surface area contributed by atoms with Gasteiger partial charge in [-0.3, -0.25) is 0 Å². The van der Waals surface area contributed by atoms with Crippen molar-refractivity contribution in [2.45, 2.75) is 38.8 Å².